The largest absolute Gasteiger partial charge is 0.453 e. The Bertz CT molecular complexity index is 2350. The number of rotatable bonds is 10. The molecule has 1 aliphatic carbocycles. The van der Waals surface area contributed by atoms with Crippen LogP contribution in [0.5, 0.6) is 0 Å². The molecule has 0 radical (unpaired) electrons. The van der Waals surface area contributed by atoms with Crippen molar-refractivity contribution in [2.75, 3.05) is 20.8 Å². The lowest BCUT2D eigenvalue weighted by atomic mass is 9.95. The van der Waals surface area contributed by atoms with E-state index in [0.717, 1.165) is 87.9 Å². The van der Waals surface area contributed by atoms with Crippen LogP contribution in [0.1, 0.15) is 83.5 Å². The number of ether oxygens (including phenoxy) is 2. The van der Waals surface area contributed by atoms with Gasteiger partial charge in [0.05, 0.1) is 49.2 Å². The van der Waals surface area contributed by atoms with Crippen LogP contribution in [0.2, 0.25) is 0 Å². The van der Waals surface area contributed by atoms with E-state index in [1.54, 1.807) is 0 Å². The molecule has 2 saturated heterocycles. The lowest BCUT2D eigenvalue weighted by molar-refractivity contribution is -0.139. The second-order valence-electron chi connectivity index (χ2n) is 16.6. The minimum atomic E-state index is -0.690. The summed E-state index contributed by atoms with van der Waals surface area (Å²) in [4.78, 5) is 72.4. The maximum atomic E-state index is 14.1. The molecule has 0 spiro atoms. The van der Waals surface area contributed by atoms with Crippen LogP contribution in [0.3, 0.4) is 0 Å². The summed E-state index contributed by atoms with van der Waals surface area (Å²) in [5, 5.41) is 7.60. The molecule has 14 heteroatoms. The van der Waals surface area contributed by atoms with Crippen molar-refractivity contribution >= 4 is 45.8 Å². The van der Waals surface area contributed by atoms with E-state index < -0.39 is 24.3 Å². The average Bonchev–Trinajstić information content (AvgIpc) is 4.09. The van der Waals surface area contributed by atoms with Crippen molar-refractivity contribution in [1.82, 2.24) is 40.4 Å². The van der Waals surface area contributed by atoms with Gasteiger partial charge in [0.1, 0.15) is 23.7 Å². The third-order valence-corrected chi connectivity index (χ3v) is 12.4. The number of nitrogens with zero attached hydrogens (tertiary/aromatic N) is 4. The number of hydrogen-bond acceptors (Lipinski definition) is 8. The molecule has 1 saturated carbocycles. The summed E-state index contributed by atoms with van der Waals surface area (Å²) >= 11 is 0. The maximum Gasteiger partial charge on any atom is 0.407 e. The Hall–Kier alpha value is -5.92. The molecular weight excluding hydrogens is 737 g/mol. The molecule has 3 aromatic carbocycles. The monoisotopic (exact) mass is 788 g/mol. The van der Waals surface area contributed by atoms with Crippen molar-refractivity contribution in [2.45, 2.75) is 90.0 Å². The van der Waals surface area contributed by atoms with E-state index in [-0.39, 0.29) is 41.8 Å². The van der Waals surface area contributed by atoms with Gasteiger partial charge in [-0.05, 0) is 84.1 Å². The average molecular weight is 789 g/mol. The lowest BCUT2D eigenvalue weighted by Crippen LogP contribution is -2.54. The van der Waals surface area contributed by atoms with E-state index in [2.05, 4.69) is 69.1 Å². The Morgan fingerprint density at radius 2 is 1.45 bits per heavy atom. The first-order valence-corrected chi connectivity index (χ1v) is 20.3. The Balaban J connectivity index is 1.00. The number of aromatic nitrogens is 4. The number of H-pyrrole nitrogens is 2. The van der Waals surface area contributed by atoms with Crippen LogP contribution in [0, 0.1) is 17.8 Å². The van der Waals surface area contributed by atoms with Gasteiger partial charge in [0, 0.05) is 18.0 Å². The first-order chi connectivity index (χ1) is 27.9. The van der Waals surface area contributed by atoms with Gasteiger partial charge in [-0.15, -0.1) is 0 Å². The van der Waals surface area contributed by atoms with Gasteiger partial charge in [-0.25, -0.2) is 19.6 Å². The van der Waals surface area contributed by atoms with Crippen LogP contribution in [-0.2, 0) is 19.1 Å². The number of carbonyl (C=O) groups excluding carboxylic acids is 4. The standard InChI is InChI=1S/C44H52N8O6/c1-23(2)35(49-43(55)57-5)41(53)51-19-7-8-34(51)39-45-22-33(47-39)26-11-9-25(10-12-26)27-14-17-31-28(20-27)15-18-32-37(31)48-40(46-32)38-29-13-16-30(21-29)52(38)42(54)36(24(3)4)50-44(56)58-6/h9-12,14-15,17-18,20,22-24,29-30,34-36,38H,7-8,13,16,19,21H2,1-6H3,(H,45,47)(H,46,48)(H,49,55)(H,50,56)/t29-,30+,34-,35?,36?,38-/m0/s1. The van der Waals surface area contributed by atoms with Crippen LogP contribution >= 0.6 is 0 Å². The van der Waals surface area contributed by atoms with E-state index in [0.29, 0.717) is 12.5 Å². The number of carbonyl (C=O) groups is 4. The van der Waals surface area contributed by atoms with E-state index >= 15 is 0 Å². The van der Waals surface area contributed by atoms with Crippen molar-refractivity contribution in [2.24, 2.45) is 17.8 Å². The normalized spacial score (nSPS) is 21.2. The molecule has 3 aliphatic rings. The molecule has 2 bridgehead atoms. The second kappa shape index (κ2) is 15.8. The number of amides is 4. The topological polar surface area (TPSA) is 175 Å². The van der Waals surface area contributed by atoms with Gasteiger partial charge in [0.25, 0.3) is 0 Å². The highest BCUT2D eigenvalue weighted by Gasteiger charge is 2.51. The minimum Gasteiger partial charge on any atom is -0.453 e. The van der Waals surface area contributed by atoms with Crippen molar-refractivity contribution in [1.29, 1.82) is 0 Å². The molecule has 8 rings (SSSR count). The smallest absolute Gasteiger partial charge is 0.407 e. The highest BCUT2D eigenvalue weighted by atomic mass is 16.5. The number of likely N-dealkylation sites (tertiary alicyclic amines) is 2. The SMILES string of the molecule is COC(=O)NC(C(=O)N1CCC[C@H]1c1ncc(-c2ccc(-c3ccc4c(ccc5nc([C@@H]6[C@H]7CC[C@H](C7)N6C(=O)C(NC(=O)OC)C(C)C)[nH]c54)c3)cc2)[nH]1)C(C)C. The molecule has 304 valence electrons. The Morgan fingerprint density at radius 1 is 0.776 bits per heavy atom. The van der Waals surface area contributed by atoms with Gasteiger partial charge in [-0.2, -0.15) is 0 Å². The van der Waals surface area contributed by atoms with Gasteiger partial charge >= 0.3 is 12.2 Å². The summed E-state index contributed by atoms with van der Waals surface area (Å²) in [5.41, 5.74) is 5.77. The Labute approximate surface area is 337 Å². The summed E-state index contributed by atoms with van der Waals surface area (Å²) in [7, 11) is 2.60. The number of piperidine rings is 1. The van der Waals surface area contributed by atoms with Gasteiger partial charge in [0.2, 0.25) is 11.8 Å². The summed E-state index contributed by atoms with van der Waals surface area (Å²) in [5.74, 6) is 1.37. The zero-order chi connectivity index (χ0) is 40.8. The van der Waals surface area contributed by atoms with E-state index in [1.807, 2.05) is 49.8 Å². The zero-order valence-corrected chi connectivity index (χ0v) is 33.9. The summed E-state index contributed by atoms with van der Waals surface area (Å²) in [6, 6.07) is 17.2. The number of alkyl carbamates (subject to hydrolysis) is 2. The maximum absolute atomic E-state index is 14.1. The Kier molecular flexibility index (Phi) is 10.6. The second-order valence-corrected chi connectivity index (χ2v) is 16.6. The number of aromatic amines is 2. The highest BCUT2D eigenvalue weighted by Crippen LogP contribution is 2.50. The number of hydrogen-bond donors (Lipinski definition) is 4. The molecule has 4 N–H and O–H groups in total. The number of benzene rings is 3. The van der Waals surface area contributed by atoms with Gasteiger partial charge in [-0.3, -0.25) is 9.59 Å². The van der Waals surface area contributed by atoms with Crippen LogP contribution in [0.25, 0.3) is 44.2 Å². The zero-order valence-electron chi connectivity index (χ0n) is 33.9. The molecule has 4 amide bonds. The van der Waals surface area contributed by atoms with Gasteiger partial charge in [-0.1, -0.05) is 70.2 Å². The fraction of sp³-hybridized carbons (Fsp3) is 0.455. The van der Waals surface area contributed by atoms with Crippen molar-refractivity contribution < 1.29 is 28.7 Å². The number of imidazole rings is 2. The van der Waals surface area contributed by atoms with Crippen LogP contribution in [-0.4, -0.2) is 92.6 Å². The van der Waals surface area contributed by atoms with Crippen molar-refractivity contribution in [3.63, 3.8) is 0 Å². The number of fused-ring (bicyclic) bond motifs is 5. The molecule has 2 unspecified atom stereocenters. The minimum absolute atomic E-state index is 0.0925. The highest BCUT2D eigenvalue weighted by molar-refractivity contribution is 6.05. The molecule has 4 heterocycles. The van der Waals surface area contributed by atoms with Crippen molar-refractivity contribution in [3.05, 3.63) is 72.4 Å². The molecular formula is C44H52N8O6. The fourth-order valence-electron chi connectivity index (χ4n) is 9.35. The summed E-state index contributed by atoms with van der Waals surface area (Å²) in [6.07, 6.45) is 5.12. The lowest BCUT2D eigenvalue weighted by Gasteiger charge is -2.37. The van der Waals surface area contributed by atoms with Crippen LogP contribution < -0.4 is 10.6 Å². The number of methoxy groups -OCH3 is 2. The summed E-state index contributed by atoms with van der Waals surface area (Å²) in [6.45, 7) is 8.26. The predicted octanol–water partition coefficient (Wildman–Crippen LogP) is 7.25. The fourth-order valence-corrected chi connectivity index (χ4v) is 9.35. The third kappa shape index (κ3) is 7.13. The molecule has 14 nitrogen and oxygen atoms in total. The van der Waals surface area contributed by atoms with Crippen molar-refractivity contribution in [3.8, 4) is 22.4 Å². The third-order valence-electron chi connectivity index (χ3n) is 12.4. The first-order valence-electron chi connectivity index (χ1n) is 20.3. The van der Waals surface area contributed by atoms with E-state index in [4.69, 9.17) is 19.4 Å². The molecule has 6 atom stereocenters. The molecule has 5 aromatic rings. The van der Waals surface area contributed by atoms with E-state index in [9.17, 15) is 19.2 Å². The summed E-state index contributed by atoms with van der Waals surface area (Å²) < 4.78 is 9.61. The quantitative estimate of drug-likeness (QED) is 0.115. The first kappa shape index (κ1) is 38.9. The van der Waals surface area contributed by atoms with Gasteiger partial charge < -0.3 is 39.9 Å². The molecule has 2 aromatic heterocycles. The molecule has 3 fully saturated rings. The number of nitrogens with one attached hydrogen (secondary N) is 4. The van der Waals surface area contributed by atoms with Crippen LogP contribution in [0.15, 0.2) is 60.8 Å². The van der Waals surface area contributed by atoms with E-state index in [1.165, 1.54) is 14.2 Å². The predicted molar refractivity (Wildman–Crippen MR) is 219 cm³/mol. The Morgan fingerprint density at radius 3 is 2.14 bits per heavy atom. The molecule has 58 heavy (non-hydrogen) atoms. The van der Waals surface area contributed by atoms with Gasteiger partial charge in [0.15, 0.2) is 0 Å². The van der Waals surface area contributed by atoms with Crippen LogP contribution in [0.4, 0.5) is 9.59 Å². The molecule has 2 aliphatic heterocycles.